The Morgan fingerprint density at radius 1 is 1.39 bits per heavy atom. The molecule has 0 aliphatic carbocycles. The van der Waals surface area contributed by atoms with E-state index in [4.69, 9.17) is 5.11 Å². The number of amides is 2. The zero-order valence-corrected chi connectivity index (χ0v) is 12.4. The predicted octanol–water partition coefficient (Wildman–Crippen LogP) is 1.93. The molecule has 6 heteroatoms. The van der Waals surface area contributed by atoms with Gasteiger partial charge in [-0.25, -0.2) is 9.59 Å². The van der Waals surface area contributed by atoms with E-state index in [0.29, 0.717) is 18.7 Å². The molecule has 0 spiro atoms. The van der Waals surface area contributed by atoms with Crippen molar-refractivity contribution in [1.29, 1.82) is 0 Å². The zero-order valence-electron chi connectivity index (χ0n) is 11.6. The first-order chi connectivity index (χ1) is 8.32. The summed E-state index contributed by atoms with van der Waals surface area (Å²) in [4.78, 5) is 22.5. The lowest BCUT2D eigenvalue weighted by Gasteiger charge is -2.23. The minimum absolute atomic E-state index is 0.0231. The molecule has 0 aromatic carbocycles. The fourth-order valence-corrected chi connectivity index (χ4v) is 1.62. The molecule has 0 aromatic rings. The molecule has 0 aromatic heterocycles. The van der Waals surface area contributed by atoms with Crippen LogP contribution >= 0.6 is 11.8 Å². The van der Waals surface area contributed by atoms with Gasteiger partial charge in [0.05, 0.1) is 0 Å². The maximum atomic E-state index is 11.6. The monoisotopic (exact) mass is 276 g/mol. The Kier molecular flexibility index (Phi) is 7.82. The van der Waals surface area contributed by atoms with Gasteiger partial charge in [-0.15, -0.1) is 0 Å². The number of aliphatic carboxylic acids is 1. The van der Waals surface area contributed by atoms with Gasteiger partial charge >= 0.3 is 12.0 Å². The molecule has 0 rings (SSSR count). The molecular formula is C12H24N2O3S. The SMILES string of the molecule is CCC(C)(C)CNC(=O)N[C@@H](CCSC)C(=O)O. The molecule has 0 radical (unpaired) electrons. The predicted molar refractivity (Wildman–Crippen MR) is 75.0 cm³/mol. The quantitative estimate of drug-likeness (QED) is 0.633. The van der Waals surface area contributed by atoms with Gasteiger partial charge in [0.15, 0.2) is 0 Å². The third kappa shape index (κ3) is 7.42. The van der Waals surface area contributed by atoms with Crippen molar-refractivity contribution in [2.24, 2.45) is 5.41 Å². The molecule has 18 heavy (non-hydrogen) atoms. The Labute approximate surface area is 113 Å². The molecule has 0 unspecified atom stereocenters. The van der Waals surface area contributed by atoms with Crippen LogP contribution in [0.5, 0.6) is 0 Å². The molecule has 0 heterocycles. The minimum atomic E-state index is -0.992. The van der Waals surface area contributed by atoms with Crippen molar-refractivity contribution >= 4 is 23.8 Å². The number of carbonyl (C=O) groups is 2. The Bertz CT molecular complexity index is 282. The zero-order chi connectivity index (χ0) is 14.2. The Morgan fingerprint density at radius 2 is 2.00 bits per heavy atom. The molecule has 0 aliphatic rings. The smallest absolute Gasteiger partial charge is 0.326 e. The second-order valence-electron chi connectivity index (χ2n) is 5.02. The van der Waals surface area contributed by atoms with Crippen LogP contribution in [0.3, 0.4) is 0 Å². The van der Waals surface area contributed by atoms with E-state index in [1.54, 1.807) is 11.8 Å². The van der Waals surface area contributed by atoms with Gasteiger partial charge in [-0.3, -0.25) is 0 Å². The van der Waals surface area contributed by atoms with Gasteiger partial charge in [0, 0.05) is 6.54 Å². The molecule has 3 N–H and O–H groups in total. The van der Waals surface area contributed by atoms with Gasteiger partial charge in [-0.2, -0.15) is 11.8 Å². The first-order valence-corrected chi connectivity index (χ1v) is 7.48. The van der Waals surface area contributed by atoms with Gasteiger partial charge in [0.25, 0.3) is 0 Å². The topological polar surface area (TPSA) is 78.4 Å². The maximum Gasteiger partial charge on any atom is 0.326 e. The number of nitrogens with one attached hydrogen (secondary N) is 2. The lowest BCUT2D eigenvalue weighted by molar-refractivity contribution is -0.139. The van der Waals surface area contributed by atoms with Crippen LogP contribution in [0.15, 0.2) is 0 Å². The third-order valence-corrected chi connectivity index (χ3v) is 3.54. The summed E-state index contributed by atoms with van der Waals surface area (Å²) in [5, 5.41) is 14.2. The van der Waals surface area contributed by atoms with Gasteiger partial charge in [-0.1, -0.05) is 20.8 Å². The van der Waals surface area contributed by atoms with Crippen LogP contribution in [-0.4, -0.2) is 41.7 Å². The lowest BCUT2D eigenvalue weighted by Crippen LogP contribution is -2.48. The van der Waals surface area contributed by atoms with Crippen LogP contribution in [0.2, 0.25) is 0 Å². The number of rotatable bonds is 8. The highest BCUT2D eigenvalue weighted by Gasteiger charge is 2.21. The van der Waals surface area contributed by atoms with Crippen molar-refractivity contribution in [3.05, 3.63) is 0 Å². The number of carboxylic acids is 1. The molecule has 2 amide bonds. The van der Waals surface area contributed by atoms with Crippen molar-refractivity contribution in [1.82, 2.24) is 10.6 Å². The molecule has 0 saturated heterocycles. The molecule has 5 nitrogen and oxygen atoms in total. The van der Waals surface area contributed by atoms with E-state index < -0.39 is 18.0 Å². The van der Waals surface area contributed by atoms with Crippen molar-refractivity contribution in [3.8, 4) is 0 Å². The average molecular weight is 276 g/mol. The lowest BCUT2D eigenvalue weighted by atomic mass is 9.90. The van der Waals surface area contributed by atoms with E-state index in [9.17, 15) is 9.59 Å². The van der Waals surface area contributed by atoms with Crippen molar-refractivity contribution in [2.75, 3.05) is 18.6 Å². The van der Waals surface area contributed by atoms with E-state index in [1.165, 1.54) is 0 Å². The summed E-state index contributed by atoms with van der Waals surface area (Å²) in [6.45, 7) is 6.69. The van der Waals surface area contributed by atoms with Crippen molar-refractivity contribution < 1.29 is 14.7 Å². The average Bonchev–Trinajstić information content (AvgIpc) is 2.31. The van der Waals surface area contributed by atoms with E-state index in [-0.39, 0.29) is 5.41 Å². The summed E-state index contributed by atoms with van der Waals surface area (Å²) in [5.41, 5.74) is 0.0231. The first kappa shape index (κ1) is 17.1. The number of carbonyl (C=O) groups excluding carboxylic acids is 1. The Balaban J connectivity index is 4.14. The Morgan fingerprint density at radius 3 is 2.44 bits per heavy atom. The van der Waals surface area contributed by atoms with Gasteiger partial charge < -0.3 is 15.7 Å². The van der Waals surface area contributed by atoms with Crippen molar-refractivity contribution in [2.45, 2.75) is 39.7 Å². The number of urea groups is 1. The van der Waals surface area contributed by atoms with E-state index in [0.717, 1.165) is 6.42 Å². The molecule has 0 aliphatic heterocycles. The third-order valence-electron chi connectivity index (χ3n) is 2.90. The molecule has 106 valence electrons. The van der Waals surface area contributed by atoms with Gasteiger partial charge in [-0.05, 0) is 30.3 Å². The molecule has 0 fully saturated rings. The maximum absolute atomic E-state index is 11.6. The summed E-state index contributed by atoms with van der Waals surface area (Å²) < 4.78 is 0. The van der Waals surface area contributed by atoms with Crippen LogP contribution in [0.25, 0.3) is 0 Å². The fourth-order valence-electron chi connectivity index (χ4n) is 1.15. The highest BCUT2D eigenvalue weighted by atomic mass is 32.2. The van der Waals surface area contributed by atoms with E-state index in [2.05, 4.69) is 31.4 Å². The van der Waals surface area contributed by atoms with Crippen LogP contribution in [0.1, 0.15) is 33.6 Å². The largest absolute Gasteiger partial charge is 0.480 e. The van der Waals surface area contributed by atoms with Crippen molar-refractivity contribution in [3.63, 3.8) is 0 Å². The van der Waals surface area contributed by atoms with E-state index in [1.807, 2.05) is 6.26 Å². The summed E-state index contributed by atoms with van der Waals surface area (Å²) in [6.07, 6.45) is 3.28. The standard InChI is InChI=1S/C12H24N2O3S/c1-5-12(2,3)8-13-11(17)14-9(10(15)16)6-7-18-4/h9H,5-8H2,1-4H3,(H,15,16)(H2,13,14,17)/t9-/m0/s1. The van der Waals surface area contributed by atoms with E-state index >= 15 is 0 Å². The number of carboxylic acid groups (broad SMARTS) is 1. The normalized spacial score (nSPS) is 12.9. The summed E-state index contributed by atoms with van der Waals surface area (Å²) >= 11 is 1.56. The Hall–Kier alpha value is -0.910. The summed E-state index contributed by atoms with van der Waals surface area (Å²) in [5.74, 6) is -0.286. The second-order valence-corrected chi connectivity index (χ2v) is 6.00. The fraction of sp³-hybridized carbons (Fsp3) is 0.833. The molecule has 0 saturated carbocycles. The number of thioether (sulfide) groups is 1. The van der Waals surface area contributed by atoms with Crippen LogP contribution in [-0.2, 0) is 4.79 Å². The number of hydrogen-bond donors (Lipinski definition) is 3. The van der Waals surface area contributed by atoms with Crippen LogP contribution in [0.4, 0.5) is 4.79 Å². The minimum Gasteiger partial charge on any atom is -0.480 e. The van der Waals surface area contributed by atoms with Crippen LogP contribution in [0, 0.1) is 5.41 Å². The summed E-state index contributed by atoms with van der Waals surface area (Å²) in [7, 11) is 0. The summed E-state index contributed by atoms with van der Waals surface area (Å²) in [6, 6.07) is -1.23. The molecule has 0 bridgehead atoms. The highest BCUT2D eigenvalue weighted by Crippen LogP contribution is 2.17. The molecular weight excluding hydrogens is 252 g/mol. The number of hydrogen-bond acceptors (Lipinski definition) is 3. The van der Waals surface area contributed by atoms with Gasteiger partial charge in [0.2, 0.25) is 0 Å². The second kappa shape index (κ2) is 8.24. The van der Waals surface area contributed by atoms with Gasteiger partial charge in [0.1, 0.15) is 6.04 Å². The molecule has 1 atom stereocenters. The highest BCUT2D eigenvalue weighted by molar-refractivity contribution is 7.98. The van der Waals surface area contributed by atoms with Crippen LogP contribution < -0.4 is 10.6 Å². The first-order valence-electron chi connectivity index (χ1n) is 6.08.